The lowest BCUT2D eigenvalue weighted by Gasteiger charge is -2.29. The van der Waals surface area contributed by atoms with Crippen molar-refractivity contribution < 1.29 is 9.53 Å². The number of hydrogen-bond acceptors (Lipinski definition) is 5. The lowest BCUT2D eigenvalue weighted by molar-refractivity contribution is 0.0697. The molecule has 7 nitrogen and oxygen atoms in total. The van der Waals surface area contributed by atoms with Crippen LogP contribution in [0.2, 0.25) is 0 Å². The van der Waals surface area contributed by atoms with Gasteiger partial charge in [0.1, 0.15) is 5.65 Å². The van der Waals surface area contributed by atoms with Gasteiger partial charge in [0.2, 0.25) is 0 Å². The Morgan fingerprint density at radius 2 is 1.97 bits per heavy atom. The fraction of sp³-hybridized carbons (Fsp3) is 0.636. The number of carbonyl (C=O) groups excluding carboxylic acids is 1. The number of hydrogen-bond donors (Lipinski definition) is 4. The molecule has 158 valence electrons. The van der Waals surface area contributed by atoms with Gasteiger partial charge in [0.15, 0.2) is 0 Å². The van der Waals surface area contributed by atoms with Crippen LogP contribution in [0.15, 0.2) is 12.3 Å². The van der Waals surface area contributed by atoms with Gasteiger partial charge in [0.05, 0.1) is 11.3 Å². The summed E-state index contributed by atoms with van der Waals surface area (Å²) in [4.78, 5) is 21.1. The highest BCUT2D eigenvalue weighted by molar-refractivity contribution is 6.07. The van der Waals surface area contributed by atoms with Gasteiger partial charge in [-0.05, 0) is 51.0 Å². The van der Waals surface area contributed by atoms with E-state index in [1.54, 1.807) is 6.20 Å². The van der Waals surface area contributed by atoms with Crippen molar-refractivity contribution in [2.24, 2.45) is 5.73 Å². The summed E-state index contributed by atoms with van der Waals surface area (Å²) in [6, 6.07) is 2.94. The van der Waals surface area contributed by atoms with Crippen molar-refractivity contribution in [3.05, 3.63) is 23.5 Å². The third-order valence-corrected chi connectivity index (χ3v) is 6.15. The second kappa shape index (κ2) is 9.13. The molecule has 29 heavy (non-hydrogen) atoms. The molecule has 0 unspecified atom stereocenters. The number of carbonyl (C=O) groups is 1. The van der Waals surface area contributed by atoms with Gasteiger partial charge in [0, 0.05) is 48.6 Å². The normalized spacial score (nSPS) is 23.2. The van der Waals surface area contributed by atoms with Crippen LogP contribution in [0.4, 0.5) is 5.69 Å². The maximum absolute atomic E-state index is 13.1. The second-order valence-electron chi connectivity index (χ2n) is 8.47. The van der Waals surface area contributed by atoms with E-state index >= 15 is 0 Å². The maximum atomic E-state index is 13.1. The monoisotopic (exact) mass is 399 g/mol. The molecule has 1 aliphatic carbocycles. The molecule has 2 fully saturated rings. The predicted octanol–water partition coefficient (Wildman–Crippen LogP) is 3.11. The van der Waals surface area contributed by atoms with Gasteiger partial charge in [-0.2, -0.15) is 0 Å². The van der Waals surface area contributed by atoms with E-state index in [0.29, 0.717) is 30.9 Å². The summed E-state index contributed by atoms with van der Waals surface area (Å²) in [5.41, 5.74) is 9.61. The molecule has 4 rings (SSSR count). The van der Waals surface area contributed by atoms with Crippen LogP contribution in [0.5, 0.6) is 0 Å². The molecule has 5 N–H and O–H groups in total. The zero-order chi connectivity index (χ0) is 20.2. The highest BCUT2D eigenvalue weighted by atomic mass is 16.5. The number of anilines is 1. The molecule has 1 aliphatic heterocycles. The van der Waals surface area contributed by atoms with Crippen LogP contribution in [-0.2, 0) is 11.2 Å². The van der Waals surface area contributed by atoms with Crippen LogP contribution in [0, 0.1) is 0 Å². The third kappa shape index (κ3) is 4.73. The quantitative estimate of drug-likeness (QED) is 0.597. The Morgan fingerprint density at radius 1 is 1.21 bits per heavy atom. The van der Waals surface area contributed by atoms with E-state index in [2.05, 4.69) is 33.6 Å². The maximum Gasteiger partial charge on any atom is 0.255 e. The van der Waals surface area contributed by atoms with E-state index < -0.39 is 0 Å². The molecule has 1 amide bonds. The average molecular weight is 400 g/mol. The van der Waals surface area contributed by atoms with Crippen molar-refractivity contribution in [1.82, 2.24) is 15.3 Å². The van der Waals surface area contributed by atoms with Crippen molar-refractivity contribution in [1.29, 1.82) is 0 Å². The molecule has 0 aromatic carbocycles. The summed E-state index contributed by atoms with van der Waals surface area (Å²) in [5.74, 6) is -0.0560. The number of nitrogens with one attached hydrogen (secondary N) is 3. The first kappa shape index (κ1) is 20.2. The molecule has 0 bridgehead atoms. The van der Waals surface area contributed by atoms with Crippen LogP contribution >= 0.6 is 0 Å². The fourth-order valence-corrected chi connectivity index (χ4v) is 4.43. The number of rotatable bonds is 6. The number of aryl methyl sites for hydroxylation is 1. The Balaban J connectivity index is 1.63. The summed E-state index contributed by atoms with van der Waals surface area (Å²) >= 11 is 0. The van der Waals surface area contributed by atoms with Crippen LogP contribution in [0.1, 0.15) is 67.9 Å². The van der Waals surface area contributed by atoms with E-state index in [1.807, 2.05) is 0 Å². The number of nitrogens with zero attached hydrogens (tertiary/aromatic N) is 1. The van der Waals surface area contributed by atoms with Crippen molar-refractivity contribution in [3.63, 3.8) is 0 Å². The van der Waals surface area contributed by atoms with Crippen LogP contribution in [0.25, 0.3) is 11.0 Å². The molecular formula is C22H33N5O2. The van der Waals surface area contributed by atoms with E-state index in [4.69, 9.17) is 10.5 Å². The lowest BCUT2D eigenvalue weighted by atomic mass is 9.91. The molecule has 1 saturated heterocycles. The van der Waals surface area contributed by atoms with Gasteiger partial charge in [-0.25, -0.2) is 4.98 Å². The smallest absolute Gasteiger partial charge is 0.255 e. The fourth-order valence-electron chi connectivity index (χ4n) is 4.43. The highest BCUT2D eigenvalue weighted by Crippen LogP contribution is 2.31. The molecule has 3 heterocycles. The minimum Gasteiger partial charge on any atom is -0.381 e. The number of fused-ring (bicyclic) bond motifs is 1. The largest absolute Gasteiger partial charge is 0.381 e. The van der Waals surface area contributed by atoms with Crippen LogP contribution in [-0.4, -0.2) is 47.2 Å². The summed E-state index contributed by atoms with van der Waals surface area (Å²) in [7, 11) is 0. The number of amides is 1. The SMILES string of the molecule is CCCc1cc2c(NC3CCC(N)CC3)c(C(=O)NC3CCOCC3)cnc2[nH]1. The van der Waals surface area contributed by atoms with E-state index in [-0.39, 0.29) is 11.9 Å². The lowest BCUT2D eigenvalue weighted by Crippen LogP contribution is -2.39. The number of pyridine rings is 1. The van der Waals surface area contributed by atoms with E-state index in [9.17, 15) is 4.79 Å². The molecule has 0 atom stereocenters. The van der Waals surface area contributed by atoms with Crippen molar-refractivity contribution in [3.8, 4) is 0 Å². The van der Waals surface area contributed by atoms with Gasteiger partial charge >= 0.3 is 0 Å². The molecule has 2 aromatic heterocycles. The number of aromatic nitrogens is 2. The highest BCUT2D eigenvalue weighted by Gasteiger charge is 2.25. The van der Waals surface area contributed by atoms with E-state index in [0.717, 1.165) is 73.8 Å². The predicted molar refractivity (Wildman–Crippen MR) is 115 cm³/mol. The van der Waals surface area contributed by atoms with E-state index in [1.165, 1.54) is 0 Å². The zero-order valence-corrected chi connectivity index (χ0v) is 17.3. The molecule has 0 radical (unpaired) electrons. The van der Waals surface area contributed by atoms with Gasteiger partial charge in [0.25, 0.3) is 5.91 Å². The summed E-state index contributed by atoms with van der Waals surface area (Å²) in [6.45, 7) is 3.57. The van der Waals surface area contributed by atoms with Crippen molar-refractivity contribution in [2.75, 3.05) is 18.5 Å². The first-order valence-electron chi connectivity index (χ1n) is 11.1. The topological polar surface area (TPSA) is 105 Å². The van der Waals surface area contributed by atoms with Crippen LogP contribution in [0.3, 0.4) is 0 Å². The molecule has 2 aliphatic rings. The van der Waals surface area contributed by atoms with Gasteiger partial charge < -0.3 is 26.1 Å². The minimum absolute atomic E-state index is 0.0560. The molecular weight excluding hydrogens is 366 g/mol. The number of aromatic amines is 1. The Morgan fingerprint density at radius 3 is 2.69 bits per heavy atom. The summed E-state index contributed by atoms with van der Waals surface area (Å²) < 4.78 is 5.41. The number of H-pyrrole nitrogens is 1. The molecule has 1 saturated carbocycles. The van der Waals surface area contributed by atoms with Gasteiger partial charge in [-0.1, -0.05) is 13.3 Å². The molecule has 2 aromatic rings. The first-order chi connectivity index (χ1) is 14.1. The number of ether oxygens (including phenoxy) is 1. The van der Waals surface area contributed by atoms with Gasteiger partial charge in [-0.3, -0.25) is 4.79 Å². The summed E-state index contributed by atoms with van der Waals surface area (Å²) in [6.07, 6.45) is 9.54. The molecule has 0 spiro atoms. The molecule has 7 heteroatoms. The first-order valence-corrected chi connectivity index (χ1v) is 11.1. The Labute approximate surface area is 172 Å². The Kier molecular flexibility index (Phi) is 6.35. The average Bonchev–Trinajstić information content (AvgIpc) is 3.14. The second-order valence-corrected chi connectivity index (χ2v) is 8.47. The standard InChI is InChI=1S/C22H33N5O2/c1-2-3-17-12-18-20(25-15-6-4-14(23)5-7-15)19(13-24-21(18)26-17)22(28)27-16-8-10-29-11-9-16/h12-16H,2-11,23H2,1H3,(H,27,28)(H2,24,25,26). The third-order valence-electron chi connectivity index (χ3n) is 6.15. The Hall–Kier alpha value is -2.12. The Bertz CT molecular complexity index is 835. The van der Waals surface area contributed by atoms with Crippen molar-refractivity contribution in [2.45, 2.75) is 76.4 Å². The minimum atomic E-state index is -0.0560. The van der Waals surface area contributed by atoms with Gasteiger partial charge in [-0.15, -0.1) is 0 Å². The van der Waals surface area contributed by atoms with Crippen LogP contribution < -0.4 is 16.4 Å². The summed E-state index contributed by atoms with van der Waals surface area (Å²) in [5, 5.41) is 7.88. The number of nitrogens with two attached hydrogens (primary N) is 1. The van der Waals surface area contributed by atoms with Crippen molar-refractivity contribution >= 4 is 22.6 Å². The zero-order valence-electron chi connectivity index (χ0n) is 17.3.